The molecule has 2 rings (SSSR count). The molecule has 0 saturated carbocycles. The minimum absolute atomic E-state index is 0.315. The smallest absolute Gasteiger partial charge is 0.271 e. The topological polar surface area (TPSA) is 59.1 Å². The molecule has 0 saturated heterocycles. The van der Waals surface area contributed by atoms with Crippen LogP contribution in [-0.4, -0.2) is 13.4 Å². The number of aromatic nitrogens is 1. The molecule has 2 aromatic rings. The van der Waals surface area contributed by atoms with Crippen LogP contribution in [0.4, 0.5) is 5.69 Å². The number of pyridine rings is 1. The zero-order valence-electron chi connectivity index (χ0n) is 9.55. The van der Waals surface area contributed by atoms with E-state index in [-0.39, 0.29) is 0 Å². The Balaban J connectivity index is 2.30. The Kier molecular flexibility index (Phi) is 4.04. The van der Waals surface area contributed by atoms with Gasteiger partial charge >= 0.3 is 0 Å². The highest BCUT2D eigenvalue weighted by molar-refractivity contribution is 9.10. The number of aryl methyl sites for hydroxylation is 1. The van der Waals surface area contributed by atoms with Gasteiger partial charge in [0.05, 0.1) is 5.69 Å². The molecule has 2 heterocycles. The summed E-state index contributed by atoms with van der Waals surface area (Å²) in [6.07, 6.45) is 2.42. The molecule has 0 unspecified atom stereocenters. The van der Waals surface area contributed by atoms with Crippen LogP contribution in [0.25, 0.3) is 0 Å². The minimum Gasteiger partial charge on any atom is -0.276 e. The van der Waals surface area contributed by atoms with Gasteiger partial charge in [-0.15, -0.1) is 11.3 Å². The maximum Gasteiger partial charge on any atom is 0.271 e. The van der Waals surface area contributed by atoms with Crippen molar-refractivity contribution >= 4 is 43.0 Å². The van der Waals surface area contributed by atoms with E-state index in [1.54, 1.807) is 24.4 Å². The molecule has 0 radical (unpaired) electrons. The van der Waals surface area contributed by atoms with E-state index in [0.29, 0.717) is 14.5 Å². The van der Waals surface area contributed by atoms with E-state index in [2.05, 4.69) is 25.6 Å². The summed E-state index contributed by atoms with van der Waals surface area (Å²) in [6.45, 7) is 1.99. The summed E-state index contributed by atoms with van der Waals surface area (Å²) in [5, 5.41) is 0. The quantitative estimate of drug-likeness (QED) is 0.864. The van der Waals surface area contributed by atoms with Crippen molar-refractivity contribution < 1.29 is 8.42 Å². The van der Waals surface area contributed by atoms with Crippen LogP contribution in [0.5, 0.6) is 0 Å². The molecule has 0 amide bonds. The zero-order chi connectivity index (χ0) is 13.2. The highest BCUT2D eigenvalue weighted by Gasteiger charge is 2.17. The number of halogens is 1. The second kappa shape index (κ2) is 5.38. The number of nitrogens with zero attached hydrogens (tertiary/aromatic N) is 1. The third kappa shape index (κ3) is 2.90. The number of sulfonamides is 1. The minimum atomic E-state index is -3.53. The first kappa shape index (κ1) is 13.5. The Bertz CT molecular complexity index is 653. The third-order valence-electron chi connectivity index (χ3n) is 2.25. The first-order valence-corrected chi connectivity index (χ1v) is 8.34. The van der Waals surface area contributed by atoms with E-state index < -0.39 is 10.0 Å². The van der Waals surface area contributed by atoms with Crippen LogP contribution in [0.1, 0.15) is 11.8 Å². The van der Waals surface area contributed by atoms with E-state index in [4.69, 9.17) is 0 Å². The van der Waals surface area contributed by atoms with Crippen LogP contribution in [0, 0.1) is 0 Å². The summed E-state index contributed by atoms with van der Waals surface area (Å²) in [7, 11) is -3.53. The normalized spacial score (nSPS) is 11.4. The van der Waals surface area contributed by atoms with Gasteiger partial charge in [-0.05, 0) is 46.6 Å². The first-order valence-electron chi connectivity index (χ1n) is 5.25. The van der Waals surface area contributed by atoms with Crippen LogP contribution in [0.3, 0.4) is 0 Å². The molecule has 1 N–H and O–H groups in total. The Morgan fingerprint density at radius 1 is 1.39 bits per heavy atom. The number of hydrogen-bond acceptors (Lipinski definition) is 4. The molecule has 0 atom stereocenters. The molecule has 0 aromatic carbocycles. The van der Waals surface area contributed by atoms with Gasteiger partial charge in [0, 0.05) is 11.1 Å². The molecular formula is C11H11BrN2O2S2. The van der Waals surface area contributed by atoms with Gasteiger partial charge in [0.2, 0.25) is 0 Å². The summed E-state index contributed by atoms with van der Waals surface area (Å²) in [5.74, 6) is 0. The standard InChI is InChI=1S/C11H11BrN2O2S2/c1-2-8-5-6-10(17-8)18(15,16)14-9-4-3-7-13-11(9)12/h3-7,14H,2H2,1H3. The number of thiophene rings is 1. The van der Waals surface area contributed by atoms with Gasteiger partial charge in [-0.25, -0.2) is 13.4 Å². The van der Waals surface area contributed by atoms with Crippen molar-refractivity contribution in [3.63, 3.8) is 0 Å². The van der Waals surface area contributed by atoms with Crippen LogP contribution in [0.2, 0.25) is 0 Å². The predicted molar refractivity (Wildman–Crippen MR) is 76.4 cm³/mol. The lowest BCUT2D eigenvalue weighted by atomic mass is 10.4. The summed E-state index contributed by atoms with van der Waals surface area (Å²) in [6, 6.07) is 6.78. The summed E-state index contributed by atoms with van der Waals surface area (Å²) >= 11 is 4.48. The van der Waals surface area contributed by atoms with Crippen molar-refractivity contribution in [3.8, 4) is 0 Å². The summed E-state index contributed by atoms with van der Waals surface area (Å²) in [5.41, 5.74) is 0.434. The maximum atomic E-state index is 12.1. The molecule has 2 aromatic heterocycles. The monoisotopic (exact) mass is 346 g/mol. The van der Waals surface area contributed by atoms with Gasteiger partial charge in [-0.3, -0.25) is 4.72 Å². The highest BCUT2D eigenvalue weighted by Crippen LogP contribution is 2.26. The molecule has 7 heteroatoms. The van der Waals surface area contributed by atoms with E-state index >= 15 is 0 Å². The molecule has 0 spiro atoms. The van der Waals surface area contributed by atoms with Crippen LogP contribution >= 0.6 is 27.3 Å². The second-order valence-electron chi connectivity index (χ2n) is 3.52. The lowest BCUT2D eigenvalue weighted by Crippen LogP contribution is -2.12. The van der Waals surface area contributed by atoms with Gasteiger partial charge in [0.15, 0.2) is 0 Å². The van der Waals surface area contributed by atoms with Crippen molar-refractivity contribution in [1.82, 2.24) is 4.98 Å². The van der Waals surface area contributed by atoms with Crippen molar-refractivity contribution in [2.75, 3.05) is 4.72 Å². The lowest BCUT2D eigenvalue weighted by Gasteiger charge is -2.06. The van der Waals surface area contributed by atoms with E-state index in [0.717, 1.165) is 11.3 Å². The highest BCUT2D eigenvalue weighted by atomic mass is 79.9. The van der Waals surface area contributed by atoms with E-state index in [9.17, 15) is 8.42 Å². The average molecular weight is 347 g/mol. The number of rotatable bonds is 4. The van der Waals surface area contributed by atoms with Gasteiger partial charge in [-0.2, -0.15) is 0 Å². The predicted octanol–water partition coefficient (Wildman–Crippen LogP) is 3.27. The number of hydrogen-bond donors (Lipinski definition) is 1. The largest absolute Gasteiger partial charge is 0.276 e. The van der Waals surface area contributed by atoms with Crippen molar-refractivity contribution in [3.05, 3.63) is 39.9 Å². The summed E-state index contributed by atoms with van der Waals surface area (Å²) < 4.78 is 27.6. The first-order chi connectivity index (χ1) is 8.53. The molecule has 0 aliphatic heterocycles. The fourth-order valence-electron chi connectivity index (χ4n) is 1.35. The van der Waals surface area contributed by atoms with Gasteiger partial charge in [0.1, 0.15) is 8.81 Å². The molecule has 96 valence electrons. The fraction of sp³-hybridized carbons (Fsp3) is 0.182. The molecule has 18 heavy (non-hydrogen) atoms. The molecule has 4 nitrogen and oxygen atoms in total. The fourth-order valence-corrected chi connectivity index (χ4v) is 4.19. The Morgan fingerprint density at radius 2 is 2.17 bits per heavy atom. The molecule has 0 aliphatic carbocycles. The van der Waals surface area contributed by atoms with Crippen molar-refractivity contribution in [1.29, 1.82) is 0 Å². The van der Waals surface area contributed by atoms with Crippen molar-refractivity contribution in [2.24, 2.45) is 0 Å². The van der Waals surface area contributed by atoms with Gasteiger partial charge in [-0.1, -0.05) is 6.92 Å². The third-order valence-corrected chi connectivity index (χ3v) is 5.97. The lowest BCUT2D eigenvalue weighted by molar-refractivity contribution is 0.603. The maximum absolute atomic E-state index is 12.1. The molecular weight excluding hydrogens is 336 g/mol. The zero-order valence-corrected chi connectivity index (χ0v) is 12.8. The number of nitrogens with one attached hydrogen (secondary N) is 1. The van der Waals surface area contributed by atoms with Crippen LogP contribution in [0.15, 0.2) is 39.3 Å². The van der Waals surface area contributed by atoms with Crippen LogP contribution < -0.4 is 4.72 Å². The number of anilines is 1. The van der Waals surface area contributed by atoms with Gasteiger partial charge < -0.3 is 0 Å². The van der Waals surface area contributed by atoms with Gasteiger partial charge in [0.25, 0.3) is 10.0 Å². The van der Waals surface area contributed by atoms with E-state index in [1.165, 1.54) is 11.3 Å². The molecule has 0 bridgehead atoms. The Hall–Kier alpha value is -0.920. The van der Waals surface area contributed by atoms with Crippen molar-refractivity contribution in [2.45, 2.75) is 17.6 Å². The van der Waals surface area contributed by atoms with Crippen LogP contribution in [-0.2, 0) is 16.4 Å². The molecule has 0 aliphatic rings. The Labute approximate surface area is 118 Å². The Morgan fingerprint density at radius 3 is 2.78 bits per heavy atom. The summed E-state index contributed by atoms with van der Waals surface area (Å²) in [4.78, 5) is 5.01. The average Bonchev–Trinajstić information content (AvgIpc) is 2.81. The van der Waals surface area contributed by atoms with E-state index in [1.807, 2.05) is 13.0 Å². The molecule has 0 fully saturated rings. The SMILES string of the molecule is CCc1ccc(S(=O)(=O)Nc2cccnc2Br)s1. The second-order valence-corrected chi connectivity index (χ2v) is 7.35.